The van der Waals surface area contributed by atoms with Gasteiger partial charge >= 0.3 is 0 Å². The van der Waals surface area contributed by atoms with Gasteiger partial charge in [-0.3, -0.25) is 4.79 Å². The standard InChI is InChI=1S/C9H16O2/c1-6-5-8(7(2)10)3-4-9(6)11/h6,8-9,11H,3-5H2,1-2H3/t6-,8?,9-/m1/s1. The molecule has 0 saturated heterocycles. The normalized spacial score (nSPS) is 38.6. The predicted octanol–water partition coefficient (Wildman–Crippen LogP) is 1.37. The first-order valence-corrected chi connectivity index (χ1v) is 4.29. The fourth-order valence-corrected chi connectivity index (χ4v) is 1.75. The Morgan fingerprint density at radius 3 is 2.55 bits per heavy atom. The number of aliphatic hydroxyl groups excluding tert-OH is 1. The molecule has 1 aliphatic rings. The van der Waals surface area contributed by atoms with Gasteiger partial charge in [0.05, 0.1) is 6.10 Å². The molecule has 0 bridgehead atoms. The van der Waals surface area contributed by atoms with E-state index in [-0.39, 0.29) is 17.8 Å². The van der Waals surface area contributed by atoms with Gasteiger partial charge < -0.3 is 5.11 Å². The van der Waals surface area contributed by atoms with Crippen molar-refractivity contribution < 1.29 is 9.90 Å². The van der Waals surface area contributed by atoms with Crippen molar-refractivity contribution in [3.63, 3.8) is 0 Å². The molecule has 0 heterocycles. The second-order valence-electron chi connectivity index (χ2n) is 3.67. The summed E-state index contributed by atoms with van der Waals surface area (Å²) >= 11 is 0. The summed E-state index contributed by atoms with van der Waals surface area (Å²) in [7, 11) is 0. The molecule has 1 fully saturated rings. The Morgan fingerprint density at radius 1 is 1.45 bits per heavy atom. The molecule has 0 amide bonds. The Bertz CT molecular complexity index is 154. The number of hydrogen-bond acceptors (Lipinski definition) is 2. The number of rotatable bonds is 1. The van der Waals surface area contributed by atoms with Gasteiger partial charge in [-0.1, -0.05) is 6.92 Å². The summed E-state index contributed by atoms with van der Waals surface area (Å²) in [5, 5.41) is 9.37. The maximum absolute atomic E-state index is 11.0. The average Bonchev–Trinajstić information content (AvgIpc) is 1.94. The highest BCUT2D eigenvalue weighted by molar-refractivity contribution is 5.78. The Hall–Kier alpha value is -0.370. The van der Waals surface area contributed by atoms with Gasteiger partial charge in [0, 0.05) is 5.92 Å². The van der Waals surface area contributed by atoms with Crippen LogP contribution in [0.4, 0.5) is 0 Å². The molecule has 1 rings (SSSR count). The molecule has 2 nitrogen and oxygen atoms in total. The first-order valence-electron chi connectivity index (χ1n) is 4.29. The van der Waals surface area contributed by atoms with E-state index in [1.54, 1.807) is 6.92 Å². The minimum atomic E-state index is -0.175. The minimum absolute atomic E-state index is 0.175. The highest BCUT2D eigenvalue weighted by Gasteiger charge is 2.27. The van der Waals surface area contributed by atoms with Crippen molar-refractivity contribution in [3.05, 3.63) is 0 Å². The number of ketones is 1. The molecule has 2 heteroatoms. The lowest BCUT2D eigenvalue weighted by Crippen LogP contribution is -2.29. The molecule has 0 aromatic rings. The van der Waals surface area contributed by atoms with E-state index in [1.807, 2.05) is 6.92 Å². The lowest BCUT2D eigenvalue weighted by molar-refractivity contribution is -0.123. The molecular formula is C9H16O2. The van der Waals surface area contributed by atoms with Gasteiger partial charge in [-0.15, -0.1) is 0 Å². The third-order valence-electron chi connectivity index (χ3n) is 2.70. The maximum atomic E-state index is 11.0. The zero-order chi connectivity index (χ0) is 8.43. The van der Waals surface area contributed by atoms with E-state index >= 15 is 0 Å². The zero-order valence-corrected chi connectivity index (χ0v) is 7.21. The third kappa shape index (κ3) is 2.03. The van der Waals surface area contributed by atoms with E-state index in [1.165, 1.54) is 0 Å². The summed E-state index contributed by atoms with van der Waals surface area (Å²) in [4.78, 5) is 11.0. The second-order valence-corrected chi connectivity index (χ2v) is 3.67. The smallest absolute Gasteiger partial charge is 0.132 e. The first-order chi connectivity index (χ1) is 5.11. The van der Waals surface area contributed by atoms with Gasteiger partial charge in [0.1, 0.15) is 5.78 Å². The molecule has 1 aliphatic carbocycles. The van der Waals surface area contributed by atoms with Crippen LogP contribution in [0.25, 0.3) is 0 Å². The van der Waals surface area contributed by atoms with Crippen LogP contribution < -0.4 is 0 Å². The molecule has 0 radical (unpaired) electrons. The van der Waals surface area contributed by atoms with Gasteiger partial charge in [-0.2, -0.15) is 0 Å². The SMILES string of the molecule is CC(=O)C1CC[C@@H](O)[C@H](C)C1. The molecule has 0 spiro atoms. The van der Waals surface area contributed by atoms with Crippen LogP contribution in [0.3, 0.4) is 0 Å². The van der Waals surface area contributed by atoms with Crippen LogP contribution in [0, 0.1) is 11.8 Å². The molecule has 1 unspecified atom stereocenters. The van der Waals surface area contributed by atoms with Crippen molar-refractivity contribution in [2.24, 2.45) is 11.8 Å². The number of Topliss-reactive ketones (excluding diaryl/α,β-unsaturated/α-hetero) is 1. The van der Waals surface area contributed by atoms with Gasteiger partial charge in [0.2, 0.25) is 0 Å². The Kier molecular flexibility index (Phi) is 2.66. The summed E-state index contributed by atoms with van der Waals surface area (Å²) in [6, 6.07) is 0. The van der Waals surface area contributed by atoms with E-state index in [0.29, 0.717) is 5.92 Å². The minimum Gasteiger partial charge on any atom is -0.393 e. The fraction of sp³-hybridized carbons (Fsp3) is 0.889. The van der Waals surface area contributed by atoms with Crippen LogP contribution in [-0.2, 0) is 4.79 Å². The summed E-state index contributed by atoms with van der Waals surface area (Å²) in [5.74, 6) is 0.801. The van der Waals surface area contributed by atoms with E-state index in [2.05, 4.69) is 0 Å². The molecule has 11 heavy (non-hydrogen) atoms. The summed E-state index contributed by atoms with van der Waals surface area (Å²) in [6.45, 7) is 3.66. The number of hydrogen-bond donors (Lipinski definition) is 1. The van der Waals surface area contributed by atoms with E-state index in [0.717, 1.165) is 19.3 Å². The fourth-order valence-electron chi connectivity index (χ4n) is 1.75. The molecule has 0 aromatic carbocycles. The molecular weight excluding hydrogens is 140 g/mol. The lowest BCUT2D eigenvalue weighted by atomic mass is 9.79. The van der Waals surface area contributed by atoms with Gasteiger partial charge in [0.15, 0.2) is 0 Å². The van der Waals surface area contributed by atoms with Gasteiger partial charge in [-0.05, 0) is 32.1 Å². The molecule has 0 aromatic heterocycles. The monoisotopic (exact) mass is 156 g/mol. The van der Waals surface area contributed by atoms with Crippen LogP contribution in [0.2, 0.25) is 0 Å². The molecule has 3 atom stereocenters. The Balaban J connectivity index is 2.46. The highest BCUT2D eigenvalue weighted by Crippen LogP contribution is 2.29. The first kappa shape index (κ1) is 8.72. The number of carbonyl (C=O) groups excluding carboxylic acids is 1. The highest BCUT2D eigenvalue weighted by atomic mass is 16.3. The number of carbonyl (C=O) groups is 1. The van der Waals surface area contributed by atoms with Crippen LogP contribution in [0.5, 0.6) is 0 Å². The van der Waals surface area contributed by atoms with Crippen LogP contribution in [-0.4, -0.2) is 17.0 Å². The zero-order valence-electron chi connectivity index (χ0n) is 7.21. The summed E-state index contributed by atoms with van der Waals surface area (Å²) < 4.78 is 0. The molecule has 64 valence electrons. The molecule has 1 N–H and O–H groups in total. The van der Waals surface area contributed by atoms with E-state index < -0.39 is 0 Å². The predicted molar refractivity (Wildman–Crippen MR) is 43.2 cm³/mol. The Morgan fingerprint density at radius 2 is 2.09 bits per heavy atom. The second kappa shape index (κ2) is 3.35. The van der Waals surface area contributed by atoms with Crippen molar-refractivity contribution in [2.45, 2.75) is 39.2 Å². The van der Waals surface area contributed by atoms with Crippen molar-refractivity contribution in [2.75, 3.05) is 0 Å². The summed E-state index contributed by atoms with van der Waals surface area (Å²) in [5.41, 5.74) is 0. The third-order valence-corrected chi connectivity index (χ3v) is 2.70. The van der Waals surface area contributed by atoms with Crippen molar-refractivity contribution in [1.29, 1.82) is 0 Å². The van der Waals surface area contributed by atoms with Crippen molar-refractivity contribution >= 4 is 5.78 Å². The average molecular weight is 156 g/mol. The largest absolute Gasteiger partial charge is 0.393 e. The molecule has 0 aliphatic heterocycles. The Labute approximate surface area is 67.6 Å². The van der Waals surface area contributed by atoms with E-state index in [9.17, 15) is 9.90 Å². The van der Waals surface area contributed by atoms with Crippen LogP contribution >= 0.6 is 0 Å². The van der Waals surface area contributed by atoms with Gasteiger partial charge in [-0.25, -0.2) is 0 Å². The lowest BCUT2D eigenvalue weighted by Gasteiger charge is -2.29. The molecule has 1 saturated carbocycles. The van der Waals surface area contributed by atoms with Crippen LogP contribution in [0.15, 0.2) is 0 Å². The number of aliphatic hydroxyl groups is 1. The van der Waals surface area contributed by atoms with Gasteiger partial charge in [0.25, 0.3) is 0 Å². The van der Waals surface area contributed by atoms with Crippen LogP contribution in [0.1, 0.15) is 33.1 Å². The van der Waals surface area contributed by atoms with E-state index in [4.69, 9.17) is 0 Å². The summed E-state index contributed by atoms with van der Waals surface area (Å²) in [6.07, 6.45) is 2.37. The quantitative estimate of drug-likeness (QED) is 0.622. The topological polar surface area (TPSA) is 37.3 Å². The maximum Gasteiger partial charge on any atom is 0.132 e. The van der Waals surface area contributed by atoms with Crippen molar-refractivity contribution in [3.8, 4) is 0 Å². The van der Waals surface area contributed by atoms with Crippen molar-refractivity contribution in [1.82, 2.24) is 0 Å².